The number of hydrogen-bond acceptors (Lipinski definition) is 2. The van der Waals surface area contributed by atoms with E-state index < -0.39 is 0 Å². The highest BCUT2D eigenvalue weighted by molar-refractivity contribution is 9.10. The number of nitrogens with zero attached hydrogens (tertiary/aromatic N) is 1. The number of aliphatic hydroxyl groups excluding tert-OH is 1. The molecule has 0 heterocycles. The monoisotopic (exact) mass is 285 g/mol. The number of halogens is 1. The molecule has 88 valence electrons. The van der Waals surface area contributed by atoms with E-state index in [-0.39, 0.29) is 18.6 Å². The van der Waals surface area contributed by atoms with Crippen molar-refractivity contribution in [1.29, 1.82) is 0 Å². The first-order valence-electron chi connectivity index (χ1n) is 5.11. The lowest BCUT2D eigenvalue weighted by atomic mass is 10.1. The van der Waals surface area contributed by atoms with Gasteiger partial charge in [0.1, 0.15) is 0 Å². The topological polar surface area (TPSA) is 40.5 Å². The number of rotatable bonds is 3. The van der Waals surface area contributed by atoms with Crippen LogP contribution in [0.15, 0.2) is 22.7 Å². The molecule has 0 fully saturated rings. The lowest BCUT2D eigenvalue weighted by molar-refractivity contribution is 0.0681. The predicted octanol–water partition coefficient (Wildman–Crippen LogP) is 2.21. The van der Waals surface area contributed by atoms with Crippen molar-refractivity contribution in [3.8, 4) is 0 Å². The molecule has 16 heavy (non-hydrogen) atoms. The zero-order valence-corrected chi connectivity index (χ0v) is 11.3. The summed E-state index contributed by atoms with van der Waals surface area (Å²) in [5, 5.41) is 9.01. The van der Waals surface area contributed by atoms with E-state index in [1.807, 2.05) is 19.1 Å². The molecule has 0 bridgehead atoms. The molecule has 0 aliphatic heterocycles. The van der Waals surface area contributed by atoms with E-state index >= 15 is 0 Å². The van der Waals surface area contributed by atoms with E-state index in [9.17, 15) is 4.79 Å². The molecule has 0 aliphatic carbocycles. The first-order valence-corrected chi connectivity index (χ1v) is 5.90. The minimum Gasteiger partial charge on any atom is -0.394 e. The average molecular weight is 286 g/mol. The van der Waals surface area contributed by atoms with Crippen LogP contribution in [0.1, 0.15) is 22.8 Å². The lowest BCUT2D eigenvalue weighted by Crippen LogP contribution is -2.37. The van der Waals surface area contributed by atoms with Gasteiger partial charge >= 0.3 is 0 Å². The van der Waals surface area contributed by atoms with Gasteiger partial charge in [0, 0.05) is 11.5 Å². The van der Waals surface area contributed by atoms with Crippen LogP contribution in [0.2, 0.25) is 0 Å². The molecule has 0 aromatic heterocycles. The van der Waals surface area contributed by atoms with Gasteiger partial charge in [0.25, 0.3) is 5.91 Å². The summed E-state index contributed by atoms with van der Waals surface area (Å²) in [6.07, 6.45) is 0. The van der Waals surface area contributed by atoms with Crippen LogP contribution in [0.5, 0.6) is 0 Å². The SMILES string of the molecule is Cc1ccc(C(=O)N(C)C(C)CO)c(Br)c1. The normalized spacial score (nSPS) is 12.3. The van der Waals surface area contributed by atoms with Gasteiger partial charge in [0.15, 0.2) is 0 Å². The van der Waals surface area contributed by atoms with Crippen LogP contribution in [-0.4, -0.2) is 35.6 Å². The standard InChI is InChI=1S/C12H16BrNO2/c1-8-4-5-10(11(13)6-8)12(16)14(3)9(2)7-15/h4-6,9,15H,7H2,1-3H3. The minimum absolute atomic E-state index is 0.0360. The van der Waals surface area contributed by atoms with E-state index in [1.54, 1.807) is 20.0 Å². The molecular weight excluding hydrogens is 270 g/mol. The molecule has 0 spiro atoms. The van der Waals surface area contributed by atoms with Gasteiger partial charge in [-0.05, 0) is 47.5 Å². The van der Waals surface area contributed by atoms with Crippen LogP contribution in [0, 0.1) is 6.92 Å². The van der Waals surface area contributed by atoms with Gasteiger partial charge < -0.3 is 10.0 Å². The van der Waals surface area contributed by atoms with Gasteiger partial charge in [0.2, 0.25) is 0 Å². The molecule has 0 aliphatic rings. The summed E-state index contributed by atoms with van der Waals surface area (Å²) in [4.78, 5) is 13.6. The number of likely N-dealkylation sites (N-methyl/N-ethyl adjacent to an activating group) is 1. The van der Waals surface area contributed by atoms with Gasteiger partial charge in [-0.25, -0.2) is 0 Å². The summed E-state index contributed by atoms with van der Waals surface area (Å²) < 4.78 is 0.787. The second-order valence-corrected chi connectivity index (χ2v) is 4.79. The second kappa shape index (κ2) is 5.46. The molecule has 1 rings (SSSR count). The molecule has 1 amide bonds. The molecule has 1 atom stereocenters. The third-order valence-electron chi connectivity index (χ3n) is 2.60. The maximum absolute atomic E-state index is 12.1. The van der Waals surface area contributed by atoms with Crippen molar-refractivity contribution in [2.45, 2.75) is 19.9 Å². The Kier molecular flexibility index (Phi) is 4.50. The predicted molar refractivity (Wildman–Crippen MR) is 67.5 cm³/mol. The van der Waals surface area contributed by atoms with Crippen molar-refractivity contribution in [2.24, 2.45) is 0 Å². The highest BCUT2D eigenvalue weighted by atomic mass is 79.9. The van der Waals surface area contributed by atoms with E-state index in [4.69, 9.17) is 5.11 Å². The van der Waals surface area contributed by atoms with Crippen LogP contribution >= 0.6 is 15.9 Å². The van der Waals surface area contributed by atoms with Crippen LogP contribution in [0.25, 0.3) is 0 Å². The molecular formula is C12H16BrNO2. The number of hydrogen-bond donors (Lipinski definition) is 1. The lowest BCUT2D eigenvalue weighted by Gasteiger charge is -2.23. The smallest absolute Gasteiger partial charge is 0.255 e. The third-order valence-corrected chi connectivity index (χ3v) is 3.26. The van der Waals surface area contributed by atoms with E-state index in [0.717, 1.165) is 10.0 Å². The van der Waals surface area contributed by atoms with Crippen molar-refractivity contribution in [2.75, 3.05) is 13.7 Å². The van der Waals surface area contributed by atoms with Gasteiger partial charge in [0.05, 0.1) is 18.2 Å². The Hall–Kier alpha value is -0.870. The number of amides is 1. The van der Waals surface area contributed by atoms with Gasteiger partial charge in [-0.3, -0.25) is 4.79 Å². The van der Waals surface area contributed by atoms with Crippen LogP contribution in [-0.2, 0) is 0 Å². The summed E-state index contributed by atoms with van der Waals surface area (Å²) in [6, 6.07) is 5.42. The quantitative estimate of drug-likeness (QED) is 0.925. The second-order valence-electron chi connectivity index (χ2n) is 3.93. The molecule has 1 aromatic rings. The zero-order chi connectivity index (χ0) is 12.3. The summed E-state index contributed by atoms with van der Waals surface area (Å²) in [5.41, 5.74) is 1.72. The molecule has 1 N–H and O–H groups in total. The Morgan fingerprint density at radius 3 is 2.69 bits per heavy atom. The number of aryl methyl sites for hydroxylation is 1. The third kappa shape index (κ3) is 2.83. The summed E-state index contributed by atoms with van der Waals surface area (Å²) in [6.45, 7) is 3.74. The van der Waals surface area contributed by atoms with Crippen LogP contribution in [0.4, 0.5) is 0 Å². The molecule has 0 saturated carbocycles. The average Bonchev–Trinajstić information content (AvgIpc) is 2.26. The highest BCUT2D eigenvalue weighted by Crippen LogP contribution is 2.20. The number of carbonyl (C=O) groups is 1. The Balaban J connectivity index is 2.96. The largest absolute Gasteiger partial charge is 0.394 e. The van der Waals surface area contributed by atoms with Crippen molar-refractivity contribution in [1.82, 2.24) is 4.90 Å². The molecule has 1 aromatic carbocycles. The number of benzene rings is 1. The number of carbonyl (C=O) groups excluding carboxylic acids is 1. The van der Waals surface area contributed by atoms with Crippen molar-refractivity contribution >= 4 is 21.8 Å². The fraction of sp³-hybridized carbons (Fsp3) is 0.417. The summed E-state index contributed by atoms with van der Waals surface area (Å²) in [7, 11) is 1.69. The van der Waals surface area contributed by atoms with E-state index in [1.165, 1.54) is 4.90 Å². The van der Waals surface area contributed by atoms with Crippen molar-refractivity contribution < 1.29 is 9.90 Å². The fourth-order valence-corrected chi connectivity index (χ4v) is 1.97. The zero-order valence-electron chi connectivity index (χ0n) is 9.70. The van der Waals surface area contributed by atoms with E-state index in [2.05, 4.69) is 15.9 Å². The molecule has 3 nitrogen and oxygen atoms in total. The Bertz CT molecular complexity index is 393. The maximum Gasteiger partial charge on any atom is 0.255 e. The highest BCUT2D eigenvalue weighted by Gasteiger charge is 2.18. The Labute approximate surface area is 104 Å². The van der Waals surface area contributed by atoms with Crippen LogP contribution in [0.3, 0.4) is 0 Å². The first-order chi connectivity index (χ1) is 7.47. The maximum atomic E-state index is 12.1. The molecule has 4 heteroatoms. The Morgan fingerprint density at radius 1 is 1.56 bits per heavy atom. The van der Waals surface area contributed by atoms with Gasteiger partial charge in [-0.15, -0.1) is 0 Å². The molecule has 0 radical (unpaired) electrons. The first kappa shape index (κ1) is 13.2. The molecule has 0 saturated heterocycles. The molecule has 1 unspecified atom stereocenters. The van der Waals surface area contributed by atoms with Gasteiger partial charge in [-0.2, -0.15) is 0 Å². The minimum atomic E-state index is -0.180. The van der Waals surface area contributed by atoms with Gasteiger partial charge in [-0.1, -0.05) is 6.07 Å². The summed E-state index contributed by atoms with van der Waals surface area (Å²) in [5.74, 6) is -0.0894. The van der Waals surface area contributed by atoms with Crippen molar-refractivity contribution in [3.63, 3.8) is 0 Å². The Morgan fingerprint density at radius 2 is 2.19 bits per heavy atom. The van der Waals surface area contributed by atoms with Crippen LogP contribution < -0.4 is 0 Å². The number of aliphatic hydroxyl groups is 1. The fourth-order valence-electron chi connectivity index (χ4n) is 1.31. The summed E-state index contributed by atoms with van der Waals surface area (Å²) >= 11 is 3.38. The van der Waals surface area contributed by atoms with E-state index in [0.29, 0.717) is 5.56 Å². The van der Waals surface area contributed by atoms with Crippen molar-refractivity contribution in [3.05, 3.63) is 33.8 Å².